The van der Waals surface area contributed by atoms with Crippen LogP contribution in [0.1, 0.15) is 11.1 Å². The molecule has 0 aliphatic rings. The summed E-state index contributed by atoms with van der Waals surface area (Å²) in [7, 11) is -19.7. The quantitative estimate of drug-likeness (QED) is 0.0509. The summed E-state index contributed by atoms with van der Waals surface area (Å²) >= 11 is 0. The Hall–Kier alpha value is -6.12. The fourth-order valence-corrected chi connectivity index (χ4v) is 8.06. The van der Waals surface area contributed by atoms with Crippen LogP contribution >= 0.6 is 0 Å². The SMILES string of the molecule is O=S(=O)(O)c1cc(N=Nc2cc(S(=O)(=O)O)c3cccnc3c2O)ccc1/C=C/c1ccc(N=Nc2cc(S(=O)(=O)O)c3cccnc3c2O)cc1S(=O)(=O)O. The van der Waals surface area contributed by atoms with E-state index in [-0.39, 0.29) is 44.3 Å². The Morgan fingerprint density at radius 1 is 0.464 bits per heavy atom. The van der Waals surface area contributed by atoms with Crippen LogP contribution in [0.2, 0.25) is 0 Å². The summed E-state index contributed by atoms with van der Waals surface area (Å²) in [5.41, 5.74) is -2.37. The van der Waals surface area contributed by atoms with E-state index in [9.17, 15) is 62.1 Å². The van der Waals surface area contributed by atoms with Gasteiger partial charge in [0.25, 0.3) is 40.5 Å². The second-order valence-electron chi connectivity index (χ2n) is 11.4. The monoisotopic (exact) mass is 842 g/mol. The van der Waals surface area contributed by atoms with Crippen LogP contribution in [0.5, 0.6) is 11.5 Å². The summed E-state index contributed by atoms with van der Waals surface area (Å²) in [5.74, 6) is -1.24. The van der Waals surface area contributed by atoms with Gasteiger partial charge in [-0.3, -0.25) is 28.2 Å². The summed E-state index contributed by atoms with van der Waals surface area (Å²) < 4.78 is 137. The largest absolute Gasteiger partial charge is 0.504 e. The highest BCUT2D eigenvalue weighted by molar-refractivity contribution is 7.86. The molecular weight excluding hydrogens is 821 g/mol. The summed E-state index contributed by atoms with van der Waals surface area (Å²) in [6.45, 7) is 0. The van der Waals surface area contributed by atoms with Gasteiger partial charge in [-0.25, -0.2) is 0 Å². The molecule has 0 fully saturated rings. The normalized spacial score (nSPS) is 13.1. The predicted octanol–water partition coefficient (Wildman–Crippen LogP) is 6.18. The number of hydrogen-bond donors (Lipinski definition) is 6. The van der Waals surface area contributed by atoms with E-state index in [0.717, 1.165) is 48.6 Å². The van der Waals surface area contributed by atoms with Crippen LogP contribution < -0.4 is 0 Å². The van der Waals surface area contributed by atoms with Gasteiger partial charge >= 0.3 is 0 Å². The van der Waals surface area contributed by atoms with Gasteiger partial charge in [0.2, 0.25) is 0 Å². The second-order valence-corrected chi connectivity index (χ2v) is 16.9. The number of fused-ring (bicyclic) bond motifs is 2. The molecule has 6 N–H and O–H groups in total. The highest BCUT2D eigenvalue weighted by Crippen LogP contribution is 2.40. The molecule has 288 valence electrons. The molecule has 2 heterocycles. The molecule has 0 amide bonds. The van der Waals surface area contributed by atoms with Crippen LogP contribution in [0.3, 0.4) is 0 Å². The van der Waals surface area contributed by atoms with E-state index in [1.807, 2.05) is 0 Å². The van der Waals surface area contributed by atoms with Gasteiger partial charge in [0.1, 0.15) is 42.0 Å². The lowest BCUT2D eigenvalue weighted by Crippen LogP contribution is -2.01. The van der Waals surface area contributed by atoms with Crippen molar-refractivity contribution in [1.82, 2.24) is 9.97 Å². The average Bonchev–Trinajstić information content (AvgIpc) is 3.12. The van der Waals surface area contributed by atoms with Gasteiger partial charge in [0, 0.05) is 23.2 Å². The number of benzene rings is 4. The zero-order chi connectivity index (χ0) is 40.8. The number of phenolic OH excluding ortho intramolecular Hbond substituents is 2. The Bertz CT molecular complexity index is 2960. The van der Waals surface area contributed by atoms with Gasteiger partial charge < -0.3 is 10.2 Å². The van der Waals surface area contributed by atoms with Crippen LogP contribution in [0.4, 0.5) is 22.7 Å². The Balaban J connectivity index is 1.35. The van der Waals surface area contributed by atoms with Crippen molar-refractivity contribution in [1.29, 1.82) is 0 Å². The first-order chi connectivity index (χ1) is 26.1. The van der Waals surface area contributed by atoms with E-state index in [2.05, 4.69) is 30.4 Å². The number of rotatable bonds is 10. The smallest absolute Gasteiger partial charge is 0.295 e. The molecular formula is C32H22N6O14S4. The molecule has 0 saturated heterocycles. The molecule has 0 aliphatic carbocycles. The van der Waals surface area contributed by atoms with Gasteiger partial charge in [-0.1, -0.05) is 24.3 Å². The van der Waals surface area contributed by atoms with Crippen LogP contribution in [0, 0.1) is 0 Å². The minimum atomic E-state index is -5.01. The maximum Gasteiger partial charge on any atom is 0.295 e. The van der Waals surface area contributed by atoms with Gasteiger partial charge in [0.05, 0.1) is 11.4 Å². The third-order valence-electron chi connectivity index (χ3n) is 7.71. The molecule has 24 heteroatoms. The molecule has 56 heavy (non-hydrogen) atoms. The topological polar surface area (TPSA) is 333 Å². The molecule has 20 nitrogen and oxygen atoms in total. The molecule has 2 aromatic heterocycles. The molecule has 0 aliphatic heterocycles. The number of azo groups is 2. The van der Waals surface area contributed by atoms with E-state index in [1.54, 1.807) is 0 Å². The number of phenols is 2. The van der Waals surface area contributed by atoms with Crippen molar-refractivity contribution in [3.63, 3.8) is 0 Å². The zero-order valence-corrected chi connectivity index (χ0v) is 30.8. The maximum absolute atomic E-state index is 12.4. The van der Waals surface area contributed by atoms with Crippen molar-refractivity contribution in [2.75, 3.05) is 0 Å². The number of pyridine rings is 2. The van der Waals surface area contributed by atoms with Crippen molar-refractivity contribution in [2.24, 2.45) is 20.5 Å². The lowest BCUT2D eigenvalue weighted by molar-refractivity contribution is 0.476. The molecule has 0 spiro atoms. The zero-order valence-electron chi connectivity index (χ0n) is 27.5. The van der Waals surface area contributed by atoms with E-state index in [0.29, 0.717) is 0 Å². The van der Waals surface area contributed by atoms with Crippen LogP contribution in [0.25, 0.3) is 34.0 Å². The van der Waals surface area contributed by atoms with E-state index in [4.69, 9.17) is 0 Å². The lowest BCUT2D eigenvalue weighted by atomic mass is 10.1. The van der Waals surface area contributed by atoms with Crippen LogP contribution in [-0.2, 0) is 40.5 Å². The highest BCUT2D eigenvalue weighted by Gasteiger charge is 2.23. The van der Waals surface area contributed by atoms with Crippen molar-refractivity contribution in [3.8, 4) is 11.5 Å². The van der Waals surface area contributed by atoms with Crippen molar-refractivity contribution >= 4 is 97.2 Å². The molecule has 0 saturated carbocycles. The van der Waals surface area contributed by atoms with Gasteiger partial charge in [0.15, 0.2) is 11.5 Å². The molecule has 0 unspecified atom stereocenters. The highest BCUT2D eigenvalue weighted by atomic mass is 32.2. The molecule has 6 rings (SSSR count). The van der Waals surface area contributed by atoms with E-state index in [1.165, 1.54) is 48.8 Å². The van der Waals surface area contributed by atoms with E-state index < -0.39 is 82.9 Å². The van der Waals surface area contributed by atoms with Crippen LogP contribution in [0.15, 0.2) is 125 Å². The second kappa shape index (κ2) is 14.5. The standard InChI is InChI=1S/C32H22N6O14S4/c39-31-23(15-27(55(47,48)49)21-3-1-11-33-29(21)31)37-35-19-9-7-17(25(13-19)53(41,42)43)5-6-18-8-10-20(14-26(18)54(44,45)46)36-38-24-16-28(56(50,51)52)22-4-2-12-34-30(22)32(24)40/h1-16,39-40H,(H,41,42,43)(H,44,45,46)(H,47,48,49)(H,50,51,52)/b6-5+,37-35?,38-36?. The Kier molecular flexibility index (Phi) is 10.3. The van der Waals surface area contributed by atoms with Gasteiger partial charge in [-0.05, 0) is 71.8 Å². The first-order valence-electron chi connectivity index (χ1n) is 15.0. The summed E-state index contributed by atoms with van der Waals surface area (Å²) in [4.78, 5) is 4.97. The molecule has 0 radical (unpaired) electrons. The number of hydrogen-bond acceptors (Lipinski definition) is 16. The third-order valence-corrected chi connectivity index (χ3v) is 11.3. The predicted molar refractivity (Wildman–Crippen MR) is 196 cm³/mol. The lowest BCUT2D eigenvalue weighted by Gasteiger charge is -2.08. The van der Waals surface area contributed by atoms with Crippen molar-refractivity contribution in [2.45, 2.75) is 19.6 Å². The fraction of sp³-hybridized carbons (Fsp3) is 0. The number of nitrogens with zero attached hydrogens (tertiary/aromatic N) is 6. The summed E-state index contributed by atoms with van der Waals surface area (Å²) in [6, 6.07) is 13.2. The number of aromatic nitrogens is 2. The molecule has 0 bridgehead atoms. The van der Waals surface area contributed by atoms with Crippen molar-refractivity contribution in [3.05, 3.63) is 96.3 Å². The Morgan fingerprint density at radius 2 is 0.821 bits per heavy atom. The van der Waals surface area contributed by atoms with E-state index >= 15 is 0 Å². The van der Waals surface area contributed by atoms with Crippen molar-refractivity contribution < 1.29 is 62.1 Å². The molecule has 6 aromatic rings. The Labute approximate surface area is 315 Å². The average molecular weight is 843 g/mol. The summed E-state index contributed by atoms with van der Waals surface area (Å²) in [6.07, 6.45) is 4.60. The first-order valence-corrected chi connectivity index (χ1v) is 20.8. The van der Waals surface area contributed by atoms with Crippen LogP contribution in [-0.4, -0.2) is 72.1 Å². The number of aromatic hydroxyl groups is 2. The minimum absolute atomic E-state index is 0.122. The fourth-order valence-electron chi connectivity index (χ4n) is 5.24. The summed E-state index contributed by atoms with van der Waals surface area (Å²) in [5, 5.41) is 36.1. The maximum atomic E-state index is 12.4. The molecule has 4 aromatic carbocycles. The Morgan fingerprint density at radius 3 is 1.16 bits per heavy atom. The van der Waals surface area contributed by atoms with Gasteiger partial charge in [-0.15, -0.1) is 10.2 Å². The van der Waals surface area contributed by atoms with Gasteiger partial charge in [-0.2, -0.15) is 43.9 Å². The first kappa shape index (κ1) is 39.6. The molecule has 0 atom stereocenters. The third kappa shape index (κ3) is 8.26. The minimum Gasteiger partial charge on any atom is -0.504 e.